The first-order valence-corrected chi connectivity index (χ1v) is 4.93. The lowest BCUT2D eigenvalue weighted by Crippen LogP contribution is -2.49. The number of aldehydes is 1. The fourth-order valence-electron chi connectivity index (χ4n) is 2.41. The van der Waals surface area contributed by atoms with Crippen molar-refractivity contribution in [3.05, 3.63) is 0 Å². The molecule has 1 aliphatic carbocycles. The lowest BCUT2D eigenvalue weighted by Gasteiger charge is -2.41. The van der Waals surface area contributed by atoms with E-state index in [-0.39, 0.29) is 12.2 Å². The highest BCUT2D eigenvalue weighted by Crippen LogP contribution is 2.39. The molecule has 0 aromatic heterocycles. The molecule has 3 nitrogen and oxygen atoms in total. The van der Waals surface area contributed by atoms with Crippen LogP contribution in [0.25, 0.3) is 0 Å². The topological polar surface area (TPSA) is 35.5 Å². The largest absolute Gasteiger partial charge is 0.347 e. The number of ether oxygens (including phenoxy) is 2. The van der Waals surface area contributed by atoms with Gasteiger partial charge in [-0.2, -0.15) is 0 Å². The maximum absolute atomic E-state index is 10.8. The summed E-state index contributed by atoms with van der Waals surface area (Å²) < 4.78 is 11.3. The molecule has 0 radical (unpaired) electrons. The van der Waals surface area contributed by atoms with Crippen molar-refractivity contribution in [2.75, 3.05) is 0 Å². The van der Waals surface area contributed by atoms with E-state index in [1.807, 2.05) is 13.8 Å². The first-order chi connectivity index (χ1) is 6.12. The highest BCUT2D eigenvalue weighted by Gasteiger charge is 2.45. The van der Waals surface area contributed by atoms with Gasteiger partial charge in [0.15, 0.2) is 5.79 Å². The summed E-state index contributed by atoms with van der Waals surface area (Å²) in [5, 5.41) is 0. The Labute approximate surface area is 78.4 Å². The van der Waals surface area contributed by atoms with Crippen LogP contribution >= 0.6 is 0 Å². The number of hydrogen-bond donors (Lipinski definition) is 0. The molecule has 0 aromatic rings. The van der Waals surface area contributed by atoms with Crippen molar-refractivity contribution in [3.63, 3.8) is 0 Å². The standard InChI is InChI=1S/C10H16O3/c1-10(2)12-8-5-3-4-7(8)9(6-11)13-10/h6-9H,3-5H2,1-2H3/t7-,8+,9-/m0/s1. The van der Waals surface area contributed by atoms with E-state index in [2.05, 4.69) is 0 Å². The molecule has 0 N–H and O–H groups in total. The highest BCUT2D eigenvalue weighted by atomic mass is 16.7. The predicted octanol–water partition coefficient (Wildman–Crippen LogP) is 1.51. The summed E-state index contributed by atoms with van der Waals surface area (Å²) in [6.07, 6.45) is 4.19. The summed E-state index contributed by atoms with van der Waals surface area (Å²) in [6.45, 7) is 3.75. The number of rotatable bonds is 1. The van der Waals surface area contributed by atoms with Gasteiger partial charge in [-0.3, -0.25) is 0 Å². The molecule has 74 valence electrons. The molecule has 0 amide bonds. The smallest absolute Gasteiger partial charge is 0.164 e. The second-order valence-corrected chi connectivity index (χ2v) is 4.37. The Morgan fingerprint density at radius 2 is 2.08 bits per heavy atom. The third-order valence-electron chi connectivity index (χ3n) is 2.91. The Kier molecular flexibility index (Phi) is 2.16. The summed E-state index contributed by atoms with van der Waals surface area (Å²) in [6, 6.07) is 0. The molecule has 2 rings (SSSR count). The molecular weight excluding hydrogens is 168 g/mol. The zero-order valence-corrected chi connectivity index (χ0v) is 8.16. The molecule has 1 aliphatic heterocycles. The van der Waals surface area contributed by atoms with Gasteiger partial charge in [-0.15, -0.1) is 0 Å². The van der Waals surface area contributed by atoms with Crippen molar-refractivity contribution in [2.45, 2.75) is 51.1 Å². The van der Waals surface area contributed by atoms with Crippen molar-refractivity contribution in [3.8, 4) is 0 Å². The Hall–Kier alpha value is -0.410. The van der Waals surface area contributed by atoms with E-state index in [9.17, 15) is 4.79 Å². The highest BCUT2D eigenvalue weighted by molar-refractivity contribution is 5.57. The summed E-state index contributed by atoms with van der Waals surface area (Å²) in [5.74, 6) is -0.289. The second-order valence-electron chi connectivity index (χ2n) is 4.37. The second kappa shape index (κ2) is 3.07. The summed E-state index contributed by atoms with van der Waals surface area (Å²) in [5.41, 5.74) is 0. The van der Waals surface area contributed by atoms with E-state index in [4.69, 9.17) is 9.47 Å². The summed E-state index contributed by atoms with van der Waals surface area (Å²) >= 11 is 0. The third-order valence-corrected chi connectivity index (χ3v) is 2.91. The molecule has 0 spiro atoms. The fraction of sp³-hybridized carbons (Fsp3) is 0.900. The van der Waals surface area contributed by atoms with Crippen LogP contribution in [0.3, 0.4) is 0 Å². The van der Waals surface area contributed by atoms with E-state index in [0.29, 0.717) is 5.92 Å². The molecule has 0 bridgehead atoms. The lowest BCUT2D eigenvalue weighted by atomic mass is 9.97. The van der Waals surface area contributed by atoms with Crippen molar-refractivity contribution in [1.82, 2.24) is 0 Å². The molecular formula is C10H16O3. The Morgan fingerprint density at radius 1 is 1.31 bits per heavy atom. The number of fused-ring (bicyclic) bond motifs is 1. The van der Waals surface area contributed by atoms with Crippen LogP contribution in [-0.2, 0) is 14.3 Å². The van der Waals surface area contributed by atoms with Crippen LogP contribution in [0.4, 0.5) is 0 Å². The SMILES string of the molecule is CC1(C)O[C@@H](C=O)[C@H]2CCC[C@H]2O1. The molecule has 0 aromatic carbocycles. The van der Waals surface area contributed by atoms with Crippen LogP contribution in [0.5, 0.6) is 0 Å². The van der Waals surface area contributed by atoms with Crippen molar-refractivity contribution < 1.29 is 14.3 Å². The monoisotopic (exact) mass is 184 g/mol. The quantitative estimate of drug-likeness (QED) is 0.579. The van der Waals surface area contributed by atoms with Crippen LogP contribution in [0.2, 0.25) is 0 Å². The van der Waals surface area contributed by atoms with E-state index in [1.165, 1.54) is 0 Å². The van der Waals surface area contributed by atoms with E-state index < -0.39 is 5.79 Å². The van der Waals surface area contributed by atoms with Gasteiger partial charge in [-0.25, -0.2) is 0 Å². The van der Waals surface area contributed by atoms with Gasteiger partial charge >= 0.3 is 0 Å². The van der Waals surface area contributed by atoms with Crippen LogP contribution in [0.15, 0.2) is 0 Å². The van der Waals surface area contributed by atoms with Crippen molar-refractivity contribution >= 4 is 6.29 Å². The third kappa shape index (κ3) is 1.63. The normalized spacial score (nSPS) is 42.8. The molecule has 0 unspecified atom stereocenters. The van der Waals surface area contributed by atoms with Crippen molar-refractivity contribution in [1.29, 1.82) is 0 Å². The Bertz CT molecular complexity index is 212. The average molecular weight is 184 g/mol. The zero-order valence-electron chi connectivity index (χ0n) is 8.16. The van der Waals surface area contributed by atoms with Gasteiger partial charge in [0.05, 0.1) is 6.10 Å². The molecule has 13 heavy (non-hydrogen) atoms. The van der Waals surface area contributed by atoms with E-state index in [1.54, 1.807) is 0 Å². The predicted molar refractivity (Wildman–Crippen MR) is 47.2 cm³/mol. The van der Waals surface area contributed by atoms with Gasteiger partial charge in [-0.05, 0) is 26.7 Å². The van der Waals surface area contributed by atoms with Gasteiger partial charge in [0.1, 0.15) is 12.4 Å². The zero-order chi connectivity index (χ0) is 9.47. The molecule has 3 heteroatoms. The van der Waals surface area contributed by atoms with Crippen LogP contribution in [-0.4, -0.2) is 24.3 Å². The van der Waals surface area contributed by atoms with Crippen LogP contribution in [0.1, 0.15) is 33.1 Å². The van der Waals surface area contributed by atoms with Crippen LogP contribution < -0.4 is 0 Å². The van der Waals surface area contributed by atoms with Gasteiger partial charge in [0, 0.05) is 5.92 Å². The number of carbonyl (C=O) groups is 1. The molecule has 1 saturated carbocycles. The lowest BCUT2D eigenvalue weighted by molar-refractivity contribution is -0.305. The molecule has 2 fully saturated rings. The summed E-state index contributed by atoms with van der Waals surface area (Å²) in [7, 11) is 0. The van der Waals surface area contributed by atoms with Gasteiger partial charge in [0.2, 0.25) is 0 Å². The maximum Gasteiger partial charge on any atom is 0.164 e. The number of hydrogen-bond acceptors (Lipinski definition) is 3. The summed E-state index contributed by atoms with van der Waals surface area (Å²) in [4.78, 5) is 10.8. The minimum atomic E-state index is -0.586. The molecule has 2 aliphatic rings. The van der Waals surface area contributed by atoms with E-state index in [0.717, 1.165) is 25.5 Å². The Balaban J connectivity index is 2.15. The van der Waals surface area contributed by atoms with Gasteiger partial charge in [0.25, 0.3) is 0 Å². The minimum Gasteiger partial charge on any atom is -0.347 e. The average Bonchev–Trinajstić information content (AvgIpc) is 2.48. The first-order valence-electron chi connectivity index (χ1n) is 4.93. The van der Waals surface area contributed by atoms with Crippen molar-refractivity contribution in [2.24, 2.45) is 5.92 Å². The fourth-order valence-corrected chi connectivity index (χ4v) is 2.41. The molecule has 1 heterocycles. The van der Waals surface area contributed by atoms with Gasteiger partial charge < -0.3 is 14.3 Å². The Morgan fingerprint density at radius 3 is 2.77 bits per heavy atom. The number of carbonyl (C=O) groups excluding carboxylic acids is 1. The maximum atomic E-state index is 10.8. The molecule has 1 saturated heterocycles. The first kappa shape index (κ1) is 9.16. The van der Waals surface area contributed by atoms with Crippen LogP contribution in [0, 0.1) is 5.92 Å². The molecule has 3 atom stereocenters. The minimum absolute atomic E-state index is 0.235. The van der Waals surface area contributed by atoms with E-state index >= 15 is 0 Å². The van der Waals surface area contributed by atoms with Gasteiger partial charge in [-0.1, -0.05) is 6.42 Å².